The van der Waals surface area contributed by atoms with Crippen molar-refractivity contribution in [2.24, 2.45) is 0 Å². The van der Waals surface area contributed by atoms with Gasteiger partial charge in [-0.1, -0.05) is 30.3 Å². The van der Waals surface area contributed by atoms with E-state index in [0.29, 0.717) is 39.4 Å². The maximum atomic E-state index is 12.6. The Morgan fingerprint density at radius 2 is 1.68 bits per heavy atom. The highest BCUT2D eigenvalue weighted by Crippen LogP contribution is 2.18. The number of likely N-dealkylation sites (N-methyl/N-ethyl adjacent to an activating group) is 1. The molecule has 2 aromatic carbocycles. The number of benzene rings is 2. The van der Waals surface area contributed by atoms with Crippen LogP contribution in [0.4, 0.5) is 0 Å². The fraction of sp³-hybridized carbons (Fsp3) is 0.364. The molecule has 0 atom stereocenters. The summed E-state index contributed by atoms with van der Waals surface area (Å²) in [6.45, 7) is 3.70. The van der Waals surface area contributed by atoms with E-state index in [1.807, 2.05) is 37.3 Å². The van der Waals surface area contributed by atoms with Crippen LogP contribution in [0.3, 0.4) is 0 Å². The van der Waals surface area contributed by atoms with Crippen LogP contribution >= 0.6 is 0 Å². The number of nitrogens with zero attached hydrogens (tertiary/aromatic N) is 2. The lowest BCUT2D eigenvalue weighted by molar-refractivity contribution is -0.134. The number of ether oxygens (including phenoxy) is 2. The van der Waals surface area contributed by atoms with E-state index in [-0.39, 0.29) is 23.0 Å². The molecule has 166 valence electrons. The molecule has 31 heavy (non-hydrogen) atoms. The monoisotopic (exact) mass is 446 g/mol. The number of hydrogen-bond acceptors (Lipinski definition) is 6. The van der Waals surface area contributed by atoms with Crippen molar-refractivity contribution in [3.05, 3.63) is 65.7 Å². The normalized spacial score (nSPS) is 14.7. The molecule has 1 heterocycles. The summed E-state index contributed by atoms with van der Waals surface area (Å²) in [5.74, 6) is -0.981. The van der Waals surface area contributed by atoms with Crippen molar-refractivity contribution in [1.82, 2.24) is 9.21 Å². The summed E-state index contributed by atoms with van der Waals surface area (Å²) in [5, 5.41) is 0. The predicted molar refractivity (Wildman–Crippen MR) is 114 cm³/mol. The summed E-state index contributed by atoms with van der Waals surface area (Å²) >= 11 is 0. The first-order valence-electron chi connectivity index (χ1n) is 10.1. The average molecular weight is 447 g/mol. The number of carbonyl (C=O) groups is 2. The number of esters is 1. The fourth-order valence-electron chi connectivity index (χ4n) is 3.18. The van der Waals surface area contributed by atoms with E-state index in [1.54, 1.807) is 4.90 Å². The number of rotatable bonds is 8. The van der Waals surface area contributed by atoms with Crippen LogP contribution in [-0.4, -0.2) is 69.0 Å². The highest BCUT2D eigenvalue weighted by Gasteiger charge is 2.26. The third kappa shape index (κ3) is 5.90. The Labute approximate surface area is 182 Å². The van der Waals surface area contributed by atoms with E-state index < -0.39 is 16.0 Å². The van der Waals surface area contributed by atoms with Gasteiger partial charge in [-0.15, -0.1) is 0 Å². The third-order valence-corrected chi connectivity index (χ3v) is 6.89. The van der Waals surface area contributed by atoms with Crippen molar-refractivity contribution >= 4 is 21.9 Å². The van der Waals surface area contributed by atoms with Gasteiger partial charge in [0.05, 0.1) is 23.7 Å². The van der Waals surface area contributed by atoms with Gasteiger partial charge in [0.1, 0.15) is 0 Å². The van der Waals surface area contributed by atoms with Crippen molar-refractivity contribution < 1.29 is 27.5 Å². The topological polar surface area (TPSA) is 93.2 Å². The summed E-state index contributed by atoms with van der Waals surface area (Å²) in [5.41, 5.74) is 1.17. The Morgan fingerprint density at radius 1 is 1.03 bits per heavy atom. The molecule has 1 fully saturated rings. The van der Waals surface area contributed by atoms with Crippen LogP contribution in [0.15, 0.2) is 59.5 Å². The Kier molecular flexibility index (Phi) is 7.78. The van der Waals surface area contributed by atoms with E-state index in [9.17, 15) is 18.0 Å². The Balaban J connectivity index is 1.57. The molecular weight excluding hydrogens is 420 g/mol. The Hall–Kier alpha value is -2.75. The number of sulfonamides is 1. The van der Waals surface area contributed by atoms with Crippen molar-refractivity contribution in [3.63, 3.8) is 0 Å². The minimum absolute atomic E-state index is 0.0991. The zero-order valence-corrected chi connectivity index (χ0v) is 18.2. The smallest absolute Gasteiger partial charge is 0.338 e. The minimum Gasteiger partial charge on any atom is -0.452 e. The quantitative estimate of drug-likeness (QED) is 0.575. The van der Waals surface area contributed by atoms with Crippen LogP contribution in [-0.2, 0) is 30.8 Å². The SMILES string of the molecule is CCN(Cc1ccccc1)C(=O)COC(=O)c1ccc(S(=O)(=O)N2CCOCC2)cc1. The number of carbonyl (C=O) groups excluding carboxylic acids is 2. The highest BCUT2D eigenvalue weighted by molar-refractivity contribution is 7.89. The van der Waals surface area contributed by atoms with Gasteiger partial charge in [0.2, 0.25) is 10.0 Å². The molecule has 9 heteroatoms. The lowest BCUT2D eigenvalue weighted by atomic mass is 10.2. The van der Waals surface area contributed by atoms with Crippen LogP contribution in [0, 0.1) is 0 Å². The second-order valence-electron chi connectivity index (χ2n) is 7.01. The van der Waals surface area contributed by atoms with Crippen LogP contribution < -0.4 is 0 Å². The molecule has 0 aliphatic carbocycles. The molecule has 1 aliphatic heterocycles. The molecule has 1 amide bonds. The summed E-state index contributed by atoms with van der Waals surface area (Å²) in [6, 6.07) is 15.1. The van der Waals surface area contributed by atoms with Crippen LogP contribution in [0.25, 0.3) is 0 Å². The third-order valence-electron chi connectivity index (χ3n) is 4.98. The van der Waals surface area contributed by atoms with Gasteiger partial charge < -0.3 is 14.4 Å². The van der Waals surface area contributed by atoms with Gasteiger partial charge in [0.15, 0.2) is 6.61 Å². The lowest BCUT2D eigenvalue weighted by Gasteiger charge is -2.26. The van der Waals surface area contributed by atoms with Gasteiger partial charge in [-0.05, 0) is 36.8 Å². The largest absolute Gasteiger partial charge is 0.452 e. The summed E-state index contributed by atoms with van der Waals surface area (Å²) in [6.07, 6.45) is 0. The van der Waals surface area contributed by atoms with Crippen molar-refractivity contribution in [3.8, 4) is 0 Å². The van der Waals surface area contributed by atoms with E-state index >= 15 is 0 Å². The van der Waals surface area contributed by atoms with Gasteiger partial charge in [0, 0.05) is 26.2 Å². The van der Waals surface area contributed by atoms with Gasteiger partial charge in [-0.25, -0.2) is 13.2 Å². The molecule has 1 aliphatic rings. The number of hydrogen-bond donors (Lipinski definition) is 0. The maximum absolute atomic E-state index is 12.6. The van der Waals surface area contributed by atoms with Gasteiger partial charge in [-0.3, -0.25) is 4.79 Å². The number of amides is 1. The zero-order valence-electron chi connectivity index (χ0n) is 17.4. The number of morpholine rings is 1. The van der Waals surface area contributed by atoms with Crippen molar-refractivity contribution in [2.45, 2.75) is 18.4 Å². The van der Waals surface area contributed by atoms with Crippen molar-refractivity contribution in [1.29, 1.82) is 0 Å². The molecular formula is C22H26N2O6S. The summed E-state index contributed by atoms with van der Waals surface area (Å²) in [7, 11) is -3.63. The summed E-state index contributed by atoms with van der Waals surface area (Å²) in [4.78, 5) is 26.4. The Bertz CT molecular complexity index is 986. The van der Waals surface area contributed by atoms with E-state index in [1.165, 1.54) is 28.6 Å². The fourth-order valence-corrected chi connectivity index (χ4v) is 4.59. The lowest BCUT2D eigenvalue weighted by Crippen LogP contribution is -2.40. The van der Waals surface area contributed by atoms with Gasteiger partial charge in [-0.2, -0.15) is 4.31 Å². The van der Waals surface area contributed by atoms with Crippen molar-refractivity contribution in [2.75, 3.05) is 39.5 Å². The average Bonchev–Trinajstić information content (AvgIpc) is 2.82. The molecule has 0 spiro atoms. The molecule has 8 nitrogen and oxygen atoms in total. The van der Waals surface area contributed by atoms with E-state index in [0.717, 1.165) is 5.56 Å². The maximum Gasteiger partial charge on any atom is 0.338 e. The first-order valence-corrected chi connectivity index (χ1v) is 11.5. The second kappa shape index (κ2) is 10.5. The molecule has 2 aromatic rings. The Morgan fingerprint density at radius 3 is 2.29 bits per heavy atom. The predicted octanol–water partition coefficient (Wildman–Crippen LogP) is 1.91. The highest BCUT2D eigenvalue weighted by atomic mass is 32.2. The molecule has 0 saturated carbocycles. The zero-order chi connectivity index (χ0) is 22.3. The van der Waals surface area contributed by atoms with Gasteiger partial charge >= 0.3 is 5.97 Å². The first kappa shape index (κ1) is 22.9. The van der Waals surface area contributed by atoms with E-state index in [4.69, 9.17) is 9.47 Å². The van der Waals surface area contributed by atoms with Gasteiger partial charge in [0.25, 0.3) is 5.91 Å². The molecule has 0 aromatic heterocycles. The van der Waals surface area contributed by atoms with E-state index in [2.05, 4.69) is 0 Å². The molecule has 0 N–H and O–H groups in total. The first-order chi connectivity index (χ1) is 14.9. The molecule has 0 bridgehead atoms. The second-order valence-corrected chi connectivity index (χ2v) is 8.95. The van der Waals surface area contributed by atoms with Crippen LogP contribution in [0.5, 0.6) is 0 Å². The minimum atomic E-state index is -3.63. The standard InChI is InChI=1S/C22H26N2O6S/c1-2-23(16-18-6-4-3-5-7-18)21(25)17-30-22(26)19-8-10-20(11-9-19)31(27,28)24-12-14-29-15-13-24/h3-11H,2,12-17H2,1H3. The molecule has 0 unspecified atom stereocenters. The molecule has 0 radical (unpaired) electrons. The molecule has 3 rings (SSSR count). The summed E-state index contributed by atoms with van der Waals surface area (Å²) < 4.78 is 37.0. The van der Waals surface area contributed by atoms with Crippen LogP contribution in [0.2, 0.25) is 0 Å². The van der Waals surface area contributed by atoms with Crippen LogP contribution in [0.1, 0.15) is 22.8 Å². The molecule has 1 saturated heterocycles.